The molecule has 0 saturated carbocycles. The van der Waals surface area contributed by atoms with Gasteiger partial charge in [0.2, 0.25) is 0 Å². The van der Waals surface area contributed by atoms with Crippen molar-refractivity contribution in [3.05, 3.63) is 76.9 Å². The second kappa shape index (κ2) is 9.21. The lowest BCUT2D eigenvalue weighted by atomic mass is 9.66. The van der Waals surface area contributed by atoms with E-state index in [4.69, 9.17) is 0 Å². The van der Waals surface area contributed by atoms with Gasteiger partial charge >= 0.3 is 0 Å². The number of Topliss-reactive ketones (excluding diaryl/α,β-unsaturated/α-hetero) is 1. The van der Waals surface area contributed by atoms with Crippen LogP contribution in [0.5, 0.6) is 17.2 Å². The van der Waals surface area contributed by atoms with Gasteiger partial charge in [-0.3, -0.25) is 4.79 Å². The van der Waals surface area contributed by atoms with Crippen LogP contribution in [-0.4, -0.2) is 21.1 Å². The predicted octanol–water partition coefficient (Wildman–Crippen LogP) is 6.10. The van der Waals surface area contributed by atoms with Crippen LogP contribution < -0.4 is 0 Å². The molecule has 0 bridgehead atoms. The van der Waals surface area contributed by atoms with Gasteiger partial charge in [-0.05, 0) is 56.9 Å². The largest absolute Gasteiger partial charge is 0.508 e. The normalized spacial score (nSPS) is 21.0. The third-order valence-electron chi connectivity index (χ3n) is 6.10. The van der Waals surface area contributed by atoms with Crippen molar-refractivity contribution >= 4 is 5.78 Å². The first-order valence-corrected chi connectivity index (χ1v) is 10.4. The van der Waals surface area contributed by atoms with E-state index in [1.807, 2.05) is 18.2 Å². The van der Waals surface area contributed by atoms with Crippen LogP contribution in [0.4, 0.5) is 0 Å². The van der Waals surface area contributed by atoms with Gasteiger partial charge in [-0.25, -0.2) is 0 Å². The fourth-order valence-electron chi connectivity index (χ4n) is 4.55. The summed E-state index contributed by atoms with van der Waals surface area (Å²) in [6.07, 6.45) is 6.39. The monoisotopic (exact) mass is 406 g/mol. The van der Waals surface area contributed by atoms with Crippen LogP contribution in [0.1, 0.15) is 61.9 Å². The van der Waals surface area contributed by atoms with Crippen LogP contribution >= 0.6 is 0 Å². The molecule has 2 aromatic carbocycles. The van der Waals surface area contributed by atoms with Gasteiger partial charge in [0.25, 0.3) is 0 Å². The highest BCUT2D eigenvalue weighted by Crippen LogP contribution is 2.46. The maximum Gasteiger partial charge on any atom is 0.170 e. The van der Waals surface area contributed by atoms with E-state index in [2.05, 4.69) is 45.1 Å². The first-order valence-electron chi connectivity index (χ1n) is 10.4. The Balaban J connectivity index is 1.99. The summed E-state index contributed by atoms with van der Waals surface area (Å²) in [5, 5.41) is 29.9. The summed E-state index contributed by atoms with van der Waals surface area (Å²) in [6.45, 7) is 6.27. The highest BCUT2D eigenvalue weighted by molar-refractivity contribution is 6.01. The van der Waals surface area contributed by atoms with Crippen molar-refractivity contribution < 1.29 is 20.1 Å². The zero-order valence-electron chi connectivity index (χ0n) is 17.8. The van der Waals surface area contributed by atoms with Crippen LogP contribution in [0, 0.1) is 11.8 Å². The van der Waals surface area contributed by atoms with Gasteiger partial charge in [-0.2, -0.15) is 0 Å². The summed E-state index contributed by atoms with van der Waals surface area (Å²) >= 11 is 0. The second-order valence-corrected chi connectivity index (χ2v) is 8.47. The van der Waals surface area contributed by atoms with Crippen LogP contribution in [0.15, 0.2) is 65.8 Å². The van der Waals surface area contributed by atoms with Crippen LogP contribution in [0.3, 0.4) is 0 Å². The highest BCUT2D eigenvalue weighted by atomic mass is 16.3. The van der Waals surface area contributed by atoms with E-state index in [1.165, 1.54) is 16.7 Å². The number of hydrogen-bond donors (Lipinski definition) is 3. The van der Waals surface area contributed by atoms with Crippen molar-refractivity contribution in [2.45, 2.75) is 46.0 Å². The molecule has 1 aliphatic carbocycles. The minimum atomic E-state index is -0.391. The van der Waals surface area contributed by atoms with Crippen molar-refractivity contribution in [2.24, 2.45) is 11.8 Å². The van der Waals surface area contributed by atoms with Gasteiger partial charge in [0.1, 0.15) is 22.8 Å². The van der Waals surface area contributed by atoms with E-state index in [0.717, 1.165) is 25.0 Å². The number of aromatic hydroxyl groups is 3. The van der Waals surface area contributed by atoms with Crippen LogP contribution in [0.2, 0.25) is 0 Å². The van der Waals surface area contributed by atoms with Gasteiger partial charge < -0.3 is 15.3 Å². The lowest BCUT2D eigenvalue weighted by molar-refractivity contribution is 0.0928. The molecule has 0 amide bonds. The van der Waals surface area contributed by atoms with Gasteiger partial charge in [0.15, 0.2) is 5.78 Å². The smallest absolute Gasteiger partial charge is 0.170 e. The third-order valence-corrected chi connectivity index (χ3v) is 6.10. The number of benzene rings is 2. The first kappa shape index (κ1) is 21.7. The molecule has 0 fully saturated rings. The molecule has 3 rings (SSSR count). The Morgan fingerprint density at radius 1 is 1.07 bits per heavy atom. The number of allylic oxidation sites excluding steroid dienone is 4. The molecule has 1 aliphatic rings. The summed E-state index contributed by atoms with van der Waals surface area (Å²) in [6, 6.07) is 12.4. The molecule has 0 spiro atoms. The number of rotatable bonds is 6. The maximum absolute atomic E-state index is 13.2. The Hall–Kier alpha value is -3.01. The fourth-order valence-corrected chi connectivity index (χ4v) is 4.55. The molecule has 3 unspecified atom stereocenters. The lowest BCUT2D eigenvalue weighted by Crippen LogP contribution is -2.29. The summed E-state index contributed by atoms with van der Waals surface area (Å²) in [5.41, 5.74) is 3.59. The molecule has 30 heavy (non-hydrogen) atoms. The fraction of sp³-hybridized carbons (Fsp3) is 0.346. The van der Waals surface area contributed by atoms with E-state index in [9.17, 15) is 20.1 Å². The summed E-state index contributed by atoms with van der Waals surface area (Å²) in [4.78, 5) is 13.2. The molecule has 158 valence electrons. The zero-order chi connectivity index (χ0) is 21.8. The van der Waals surface area contributed by atoms with Crippen molar-refractivity contribution in [2.75, 3.05) is 0 Å². The SMILES string of the molecule is CC(C)=CCC1C(C)=CCC(c2ccccc2)C1CC(=O)c1c(O)cc(O)cc1O. The van der Waals surface area contributed by atoms with Gasteiger partial charge in [-0.15, -0.1) is 0 Å². The summed E-state index contributed by atoms with van der Waals surface area (Å²) in [5.74, 6) is -0.960. The Morgan fingerprint density at radius 3 is 2.30 bits per heavy atom. The molecule has 2 aromatic rings. The molecule has 4 nitrogen and oxygen atoms in total. The van der Waals surface area contributed by atoms with Crippen LogP contribution in [-0.2, 0) is 0 Å². The van der Waals surface area contributed by atoms with Crippen LogP contribution in [0.25, 0.3) is 0 Å². The molecule has 3 N–H and O–H groups in total. The highest BCUT2D eigenvalue weighted by Gasteiger charge is 2.36. The Morgan fingerprint density at radius 2 is 1.70 bits per heavy atom. The van der Waals surface area contributed by atoms with Crippen molar-refractivity contribution in [3.8, 4) is 17.2 Å². The molecule has 3 atom stereocenters. The molecule has 0 aliphatic heterocycles. The van der Waals surface area contributed by atoms with Gasteiger partial charge in [0, 0.05) is 18.6 Å². The molecule has 0 radical (unpaired) electrons. The average Bonchev–Trinajstić information content (AvgIpc) is 2.67. The quantitative estimate of drug-likeness (QED) is 0.400. The Bertz CT molecular complexity index is 945. The molecule has 4 heteroatoms. The molecule has 0 heterocycles. The number of carbonyl (C=O) groups excluding carboxylic acids is 1. The number of hydrogen-bond acceptors (Lipinski definition) is 4. The second-order valence-electron chi connectivity index (χ2n) is 8.47. The lowest BCUT2D eigenvalue weighted by Gasteiger charge is -2.38. The van der Waals surface area contributed by atoms with E-state index in [1.54, 1.807) is 0 Å². The van der Waals surface area contributed by atoms with E-state index in [-0.39, 0.29) is 41.3 Å². The number of ketones is 1. The Labute approximate surface area is 178 Å². The molecular weight excluding hydrogens is 376 g/mol. The molecule has 0 aromatic heterocycles. The van der Waals surface area contributed by atoms with E-state index < -0.39 is 11.5 Å². The molecular formula is C26H30O4. The summed E-state index contributed by atoms with van der Waals surface area (Å²) < 4.78 is 0. The average molecular weight is 407 g/mol. The first-order chi connectivity index (χ1) is 14.3. The number of phenolic OH excluding ortho intramolecular Hbond substituents is 3. The standard InChI is InChI=1S/C26H30O4/c1-16(2)9-11-20-17(3)10-12-21(18-7-5-4-6-8-18)22(20)15-25(30)26-23(28)13-19(27)14-24(26)29/h4-10,13-14,20-22,27-29H,11-12,15H2,1-3H3. The van der Waals surface area contributed by atoms with Crippen molar-refractivity contribution in [1.82, 2.24) is 0 Å². The van der Waals surface area contributed by atoms with Crippen molar-refractivity contribution in [3.63, 3.8) is 0 Å². The molecule has 0 saturated heterocycles. The van der Waals surface area contributed by atoms with E-state index >= 15 is 0 Å². The predicted molar refractivity (Wildman–Crippen MR) is 119 cm³/mol. The topological polar surface area (TPSA) is 77.8 Å². The maximum atomic E-state index is 13.2. The van der Waals surface area contributed by atoms with Gasteiger partial charge in [-0.1, -0.05) is 53.6 Å². The third kappa shape index (κ3) is 4.76. The minimum absolute atomic E-state index is 0.0353. The number of phenols is 3. The number of carbonyl (C=O) groups is 1. The van der Waals surface area contributed by atoms with Gasteiger partial charge in [0.05, 0.1) is 0 Å². The minimum Gasteiger partial charge on any atom is -0.508 e. The van der Waals surface area contributed by atoms with Crippen molar-refractivity contribution in [1.29, 1.82) is 0 Å². The summed E-state index contributed by atoms with van der Waals surface area (Å²) in [7, 11) is 0. The Kier molecular flexibility index (Phi) is 6.66. The zero-order valence-corrected chi connectivity index (χ0v) is 17.8. The van der Waals surface area contributed by atoms with E-state index in [0.29, 0.717) is 0 Å².